The van der Waals surface area contributed by atoms with Crippen molar-refractivity contribution in [3.05, 3.63) is 24.3 Å². The van der Waals surface area contributed by atoms with Crippen molar-refractivity contribution in [2.24, 2.45) is 0 Å². The van der Waals surface area contributed by atoms with E-state index < -0.39 is 21.8 Å². The number of rotatable bonds is 6. The Morgan fingerprint density at radius 1 is 1.32 bits per heavy atom. The van der Waals surface area contributed by atoms with Crippen LogP contribution >= 0.6 is 0 Å². The van der Waals surface area contributed by atoms with E-state index in [1.54, 1.807) is 39.0 Å². The van der Waals surface area contributed by atoms with Crippen LogP contribution in [0.5, 0.6) is 0 Å². The second-order valence-corrected chi connectivity index (χ2v) is 6.26. The van der Waals surface area contributed by atoms with Gasteiger partial charge >= 0.3 is 5.97 Å². The summed E-state index contributed by atoms with van der Waals surface area (Å²) >= 11 is 0. The molecule has 19 heavy (non-hydrogen) atoms. The molecule has 0 saturated heterocycles. The maximum absolute atomic E-state index is 11.9. The molecule has 0 amide bonds. The van der Waals surface area contributed by atoms with Gasteiger partial charge in [-0.2, -0.15) is 0 Å². The predicted molar refractivity (Wildman–Crippen MR) is 73.9 cm³/mol. The van der Waals surface area contributed by atoms with Gasteiger partial charge in [0.1, 0.15) is 6.04 Å². The third-order valence-corrected chi connectivity index (χ3v) is 4.40. The van der Waals surface area contributed by atoms with Gasteiger partial charge in [0.15, 0.2) is 9.84 Å². The minimum Gasteiger partial charge on any atom is -0.464 e. The number of hydrogen-bond donors (Lipinski definition) is 1. The molecule has 1 N–H and O–H groups in total. The van der Waals surface area contributed by atoms with Crippen LogP contribution in [-0.2, 0) is 19.4 Å². The van der Waals surface area contributed by atoms with E-state index in [-0.39, 0.29) is 10.6 Å². The van der Waals surface area contributed by atoms with Crippen LogP contribution in [0.1, 0.15) is 20.8 Å². The van der Waals surface area contributed by atoms with E-state index in [4.69, 9.17) is 4.74 Å². The Labute approximate surface area is 113 Å². The molecule has 5 nitrogen and oxygen atoms in total. The molecule has 0 aliphatic rings. The summed E-state index contributed by atoms with van der Waals surface area (Å²) in [5.41, 5.74) is 0.421. The molecule has 0 aromatic heterocycles. The monoisotopic (exact) mass is 285 g/mol. The molecular formula is C13H19NO4S. The molecule has 1 rings (SSSR count). The first kappa shape index (κ1) is 15.5. The van der Waals surface area contributed by atoms with E-state index >= 15 is 0 Å². The Bertz CT molecular complexity index is 539. The van der Waals surface area contributed by atoms with Gasteiger partial charge in [-0.25, -0.2) is 13.2 Å². The fourth-order valence-corrected chi connectivity index (χ4v) is 2.63. The minimum atomic E-state index is -3.33. The summed E-state index contributed by atoms with van der Waals surface area (Å²) in [6, 6.07) is 5.93. The van der Waals surface area contributed by atoms with Crippen molar-refractivity contribution in [3.63, 3.8) is 0 Å². The zero-order valence-corrected chi connectivity index (χ0v) is 12.2. The maximum atomic E-state index is 11.9. The van der Waals surface area contributed by atoms with E-state index in [0.29, 0.717) is 12.3 Å². The third kappa shape index (κ3) is 3.96. The molecule has 0 fully saturated rings. The Kier molecular flexibility index (Phi) is 5.35. The minimum absolute atomic E-state index is 0.0134. The van der Waals surface area contributed by atoms with E-state index in [1.807, 2.05) is 0 Å². The van der Waals surface area contributed by atoms with Crippen molar-refractivity contribution in [3.8, 4) is 0 Å². The lowest BCUT2D eigenvalue weighted by Gasteiger charge is -2.16. The molecule has 0 radical (unpaired) electrons. The lowest BCUT2D eigenvalue weighted by atomic mass is 10.2. The molecule has 6 heteroatoms. The lowest BCUT2D eigenvalue weighted by Crippen LogP contribution is -2.28. The quantitative estimate of drug-likeness (QED) is 0.807. The van der Waals surface area contributed by atoms with Crippen LogP contribution in [0.25, 0.3) is 0 Å². The van der Waals surface area contributed by atoms with Crippen LogP contribution in [0.3, 0.4) is 0 Å². The Balaban J connectivity index is 3.00. The van der Waals surface area contributed by atoms with Gasteiger partial charge in [0.05, 0.1) is 22.9 Å². The van der Waals surface area contributed by atoms with Gasteiger partial charge in [0.25, 0.3) is 0 Å². The number of benzene rings is 1. The zero-order chi connectivity index (χ0) is 14.5. The van der Waals surface area contributed by atoms with Crippen LogP contribution in [-0.4, -0.2) is 32.8 Å². The highest BCUT2D eigenvalue weighted by Gasteiger charge is 2.20. The number of carbonyl (C=O) groups excluding carboxylic acids is 1. The number of hydrogen-bond acceptors (Lipinski definition) is 5. The molecule has 0 bridgehead atoms. The number of para-hydroxylation sites is 1. The predicted octanol–water partition coefficient (Wildman–Crippen LogP) is 1.84. The highest BCUT2D eigenvalue weighted by Crippen LogP contribution is 2.22. The smallest absolute Gasteiger partial charge is 0.328 e. The number of nitrogens with one attached hydrogen (secondary N) is 1. The third-order valence-electron chi connectivity index (χ3n) is 2.61. The van der Waals surface area contributed by atoms with Gasteiger partial charge in [-0.15, -0.1) is 0 Å². The van der Waals surface area contributed by atoms with Crippen LogP contribution in [0.15, 0.2) is 29.2 Å². The number of esters is 1. The van der Waals surface area contributed by atoms with E-state index in [0.717, 1.165) is 0 Å². The fraction of sp³-hybridized carbons (Fsp3) is 0.462. The van der Waals surface area contributed by atoms with E-state index in [2.05, 4.69) is 5.32 Å². The SMILES string of the molecule is CCOC(=O)C(C)Nc1ccccc1S(=O)(=O)CC. The number of carbonyl (C=O) groups is 1. The first-order chi connectivity index (χ1) is 8.92. The molecule has 1 unspecified atom stereocenters. The second kappa shape index (κ2) is 6.56. The van der Waals surface area contributed by atoms with Crippen molar-refractivity contribution in [2.75, 3.05) is 17.7 Å². The summed E-state index contributed by atoms with van der Waals surface area (Å²) < 4.78 is 28.8. The molecule has 1 atom stereocenters. The summed E-state index contributed by atoms with van der Waals surface area (Å²) in [5, 5.41) is 2.88. The average Bonchev–Trinajstić information content (AvgIpc) is 2.39. The number of ether oxygens (including phenoxy) is 1. The molecule has 0 saturated carbocycles. The largest absolute Gasteiger partial charge is 0.464 e. The molecule has 0 spiro atoms. The Morgan fingerprint density at radius 2 is 1.95 bits per heavy atom. The van der Waals surface area contributed by atoms with Crippen molar-refractivity contribution in [2.45, 2.75) is 31.7 Å². The summed E-state index contributed by atoms with van der Waals surface area (Å²) in [7, 11) is -3.33. The zero-order valence-electron chi connectivity index (χ0n) is 11.3. The Hall–Kier alpha value is -1.56. The molecule has 106 valence electrons. The van der Waals surface area contributed by atoms with Crippen molar-refractivity contribution >= 4 is 21.5 Å². The summed E-state index contributed by atoms with van der Waals surface area (Å²) in [6.45, 7) is 5.23. The molecule has 1 aromatic rings. The van der Waals surface area contributed by atoms with Gasteiger partial charge in [0, 0.05) is 0 Å². The lowest BCUT2D eigenvalue weighted by molar-refractivity contribution is -0.143. The molecule has 0 aliphatic carbocycles. The van der Waals surface area contributed by atoms with Gasteiger partial charge in [-0.05, 0) is 26.0 Å². The fourth-order valence-electron chi connectivity index (χ4n) is 1.57. The molecule has 0 heterocycles. The molecule has 1 aromatic carbocycles. The number of sulfone groups is 1. The van der Waals surface area contributed by atoms with Crippen LogP contribution in [0, 0.1) is 0 Å². The number of anilines is 1. The van der Waals surface area contributed by atoms with Gasteiger partial charge in [-0.1, -0.05) is 19.1 Å². The Morgan fingerprint density at radius 3 is 2.53 bits per heavy atom. The van der Waals surface area contributed by atoms with Gasteiger partial charge in [0.2, 0.25) is 0 Å². The summed E-state index contributed by atoms with van der Waals surface area (Å²) in [5.74, 6) is -0.398. The standard InChI is InChI=1S/C13H19NO4S/c1-4-18-13(15)10(3)14-11-8-6-7-9-12(11)19(16,17)5-2/h6-10,14H,4-5H2,1-3H3. The molecular weight excluding hydrogens is 266 g/mol. The first-order valence-corrected chi connectivity index (χ1v) is 7.82. The maximum Gasteiger partial charge on any atom is 0.328 e. The van der Waals surface area contributed by atoms with Gasteiger partial charge < -0.3 is 10.1 Å². The second-order valence-electron chi connectivity index (χ2n) is 4.02. The highest BCUT2D eigenvalue weighted by atomic mass is 32.2. The van der Waals surface area contributed by atoms with Crippen LogP contribution in [0.4, 0.5) is 5.69 Å². The van der Waals surface area contributed by atoms with E-state index in [1.165, 1.54) is 6.07 Å². The average molecular weight is 285 g/mol. The van der Waals surface area contributed by atoms with Crippen molar-refractivity contribution < 1.29 is 17.9 Å². The van der Waals surface area contributed by atoms with Crippen LogP contribution in [0.2, 0.25) is 0 Å². The normalized spacial score (nSPS) is 12.8. The highest BCUT2D eigenvalue weighted by molar-refractivity contribution is 7.91. The van der Waals surface area contributed by atoms with Gasteiger partial charge in [-0.3, -0.25) is 0 Å². The van der Waals surface area contributed by atoms with E-state index in [9.17, 15) is 13.2 Å². The van der Waals surface area contributed by atoms with Crippen molar-refractivity contribution in [1.29, 1.82) is 0 Å². The summed E-state index contributed by atoms with van der Waals surface area (Å²) in [4.78, 5) is 11.7. The first-order valence-electron chi connectivity index (χ1n) is 6.17. The van der Waals surface area contributed by atoms with Crippen LogP contribution < -0.4 is 5.32 Å². The van der Waals surface area contributed by atoms with Crippen molar-refractivity contribution in [1.82, 2.24) is 0 Å². The summed E-state index contributed by atoms with van der Waals surface area (Å²) in [6.07, 6.45) is 0. The topological polar surface area (TPSA) is 72.5 Å². The molecule has 0 aliphatic heterocycles.